The van der Waals surface area contributed by atoms with Gasteiger partial charge in [0.1, 0.15) is 0 Å². The van der Waals surface area contributed by atoms with Gasteiger partial charge in [0, 0.05) is 16.4 Å². The molecular formula is C24H17ClN4. The molecule has 140 valence electrons. The smallest absolute Gasteiger partial charge is 0.0900 e. The molecule has 0 amide bonds. The maximum Gasteiger partial charge on any atom is 0.0900 e. The topological polar surface area (TPSA) is 53.7 Å². The number of hydrogen-bond donors (Lipinski definition) is 2. The lowest BCUT2D eigenvalue weighted by Gasteiger charge is -2.20. The molecule has 0 aromatic heterocycles. The number of anilines is 2. The fraction of sp³-hybridized carbons (Fsp3) is 0. The van der Waals surface area contributed by atoms with Crippen molar-refractivity contribution in [2.24, 2.45) is 0 Å². The summed E-state index contributed by atoms with van der Waals surface area (Å²) in [6, 6.07) is 29.4. The number of rotatable bonds is 3. The van der Waals surface area contributed by atoms with Gasteiger partial charge in [-0.2, -0.15) is 0 Å². The highest BCUT2D eigenvalue weighted by molar-refractivity contribution is 6.31. The molecular weight excluding hydrogens is 380 g/mol. The van der Waals surface area contributed by atoms with Gasteiger partial charge in [-0.3, -0.25) is 5.41 Å². The number of hydrogen-bond acceptors (Lipinski definition) is 3. The van der Waals surface area contributed by atoms with E-state index in [0.717, 1.165) is 33.8 Å². The fourth-order valence-electron chi connectivity index (χ4n) is 3.52. The van der Waals surface area contributed by atoms with Crippen molar-refractivity contribution in [3.8, 4) is 17.1 Å². The van der Waals surface area contributed by atoms with Gasteiger partial charge in [0.05, 0.1) is 33.5 Å². The lowest BCUT2D eigenvalue weighted by Crippen LogP contribution is -2.13. The van der Waals surface area contributed by atoms with Gasteiger partial charge in [-0.15, -0.1) is 0 Å². The second-order valence-electron chi connectivity index (χ2n) is 6.79. The quantitative estimate of drug-likeness (QED) is 0.367. The van der Waals surface area contributed by atoms with E-state index in [-0.39, 0.29) is 0 Å². The number of nitrogens with one attached hydrogen (secondary N) is 2. The molecule has 0 unspecified atom stereocenters. The highest BCUT2D eigenvalue weighted by atomic mass is 35.5. The second kappa shape index (κ2) is 7.08. The van der Waals surface area contributed by atoms with Crippen molar-refractivity contribution >= 4 is 34.0 Å². The molecule has 0 atom stereocenters. The Kier molecular flexibility index (Phi) is 4.26. The van der Waals surface area contributed by atoms with E-state index in [1.165, 1.54) is 0 Å². The summed E-state index contributed by atoms with van der Waals surface area (Å²) in [5, 5.41) is 12.9. The number of para-hydroxylation sites is 2. The predicted octanol–water partition coefficient (Wildman–Crippen LogP) is 6.01. The molecule has 5 heteroatoms. The molecule has 1 heterocycles. The van der Waals surface area contributed by atoms with Gasteiger partial charge in [0.15, 0.2) is 0 Å². The molecule has 0 saturated heterocycles. The Bertz CT molecular complexity index is 1340. The SMILES string of the molecule is N=c1cc2n(-c3ccccc3)c3ccc(Cl)cc3nc-2cc1Nc1ccccc1. The zero-order valence-electron chi connectivity index (χ0n) is 15.4. The highest BCUT2D eigenvalue weighted by Crippen LogP contribution is 2.31. The van der Waals surface area contributed by atoms with Gasteiger partial charge in [0.2, 0.25) is 0 Å². The normalized spacial score (nSPS) is 11.1. The average molecular weight is 397 g/mol. The van der Waals surface area contributed by atoms with Crippen LogP contribution >= 0.6 is 11.6 Å². The van der Waals surface area contributed by atoms with E-state index in [9.17, 15) is 0 Å². The minimum absolute atomic E-state index is 0.404. The minimum atomic E-state index is 0.404. The molecule has 4 nitrogen and oxygen atoms in total. The van der Waals surface area contributed by atoms with Crippen molar-refractivity contribution < 1.29 is 0 Å². The van der Waals surface area contributed by atoms with E-state index in [0.29, 0.717) is 16.1 Å². The number of halogens is 1. The van der Waals surface area contributed by atoms with Crippen LogP contribution in [-0.4, -0.2) is 9.55 Å². The van der Waals surface area contributed by atoms with Gasteiger partial charge in [-0.1, -0.05) is 48.0 Å². The number of fused-ring (bicyclic) bond motifs is 2. The van der Waals surface area contributed by atoms with E-state index >= 15 is 0 Å². The van der Waals surface area contributed by atoms with Crippen LogP contribution in [-0.2, 0) is 0 Å². The summed E-state index contributed by atoms with van der Waals surface area (Å²) in [5.74, 6) is 0. The first-order chi connectivity index (χ1) is 14.2. The summed E-state index contributed by atoms with van der Waals surface area (Å²) in [5.41, 5.74) is 6.05. The van der Waals surface area contributed by atoms with Crippen molar-refractivity contribution in [1.82, 2.24) is 9.55 Å². The summed E-state index contributed by atoms with van der Waals surface area (Å²) < 4.78 is 2.12. The summed E-state index contributed by atoms with van der Waals surface area (Å²) >= 11 is 6.24. The Morgan fingerprint density at radius 2 is 1.55 bits per heavy atom. The Balaban J connectivity index is 1.79. The molecule has 3 aromatic carbocycles. The second-order valence-corrected chi connectivity index (χ2v) is 7.23. The third-order valence-corrected chi connectivity index (χ3v) is 5.08. The van der Waals surface area contributed by atoms with Gasteiger partial charge in [-0.05, 0) is 54.6 Å². The predicted molar refractivity (Wildman–Crippen MR) is 118 cm³/mol. The average Bonchev–Trinajstić information content (AvgIpc) is 2.74. The van der Waals surface area contributed by atoms with Crippen LogP contribution in [0.4, 0.5) is 11.4 Å². The first-order valence-corrected chi connectivity index (χ1v) is 9.65. The Hall–Kier alpha value is -3.63. The maximum absolute atomic E-state index is 8.58. The van der Waals surface area contributed by atoms with E-state index in [2.05, 4.69) is 9.88 Å². The van der Waals surface area contributed by atoms with Gasteiger partial charge < -0.3 is 9.88 Å². The molecule has 1 aliphatic carbocycles. The van der Waals surface area contributed by atoms with Crippen LogP contribution in [0.15, 0.2) is 91.0 Å². The maximum atomic E-state index is 8.58. The molecule has 0 radical (unpaired) electrons. The standard InChI is InChI=1S/C24H17ClN4/c25-16-11-12-23-21(13-16)28-22-15-20(27-17-7-3-1-4-8-17)19(26)14-24(22)29(23)18-9-5-2-6-10-18/h1-15,26-27H. The molecule has 5 rings (SSSR count). The lowest BCUT2D eigenvalue weighted by atomic mass is 10.1. The molecule has 2 N–H and O–H groups in total. The lowest BCUT2D eigenvalue weighted by molar-refractivity contribution is 1.07. The van der Waals surface area contributed by atoms with E-state index in [4.69, 9.17) is 22.0 Å². The van der Waals surface area contributed by atoms with Crippen LogP contribution in [0.5, 0.6) is 0 Å². The highest BCUT2D eigenvalue weighted by Gasteiger charge is 2.16. The van der Waals surface area contributed by atoms with Gasteiger partial charge in [-0.25, -0.2) is 4.98 Å². The van der Waals surface area contributed by atoms with Crippen LogP contribution in [0.2, 0.25) is 5.02 Å². The summed E-state index contributed by atoms with van der Waals surface area (Å²) in [4.78, 5) is 4.84. The van der Waals surface area contributed by atoms with Crippen molar-refractivity contribution in [3.05, 3.63) is 101 Å². The molecule has 3 aromatic rings. The molecule has 0 saturated carbocycles. The molecule has 0 spiro atoms. The van der Waals surface area contributed by atoms with Gasteiger partial charge in [0.25, 0.3) is 0 Å². The molecule has 29 heavy (non-hydrogen) atoms. The van der Waals surface area contributed by atoms with E-state index in [1.54, 1.807) is 0 Å². The number of aromatic nitrogens is 2. The van der Waals surface area contributed by atoms with Crippen LogP contribution in [0.3, 0.4) is 0 Å². The van der Waals surface area contributed by atoms with Crippen LogP contribution in [0, 0.1) is 5.41 Å². The largest absolute Gasteiger partial charge is 0.354 e. The van der Waals surface area contributed by atoms with Crippen LogP contribution < -0.4 is 10.7 Å². The molecule has 1 aliphatic heterocycles. The summed E-state index contributed by atoms with van der Waals surface area (Å²) in [6.45, 7) is 0. The monoisotopic (exact) mass is 396 g/mol. The number of nitrogens with zero attached hydrogens (tertiary/aromatic N) is 2. The zero-order valence-corrected chi connectivity index (χ0v) is 16.2. The summed E-state index contributed by atoms with van der Waals surface area (Å²) in [7, 11) is 0. The van der Waals surface area contributed by atoms with Crippen molar-refractivity contribution in [2.75, 3.05) is 5.32 Å². The van der Waals surface area contributed by atoms with Crippen LogP contribution in [0.25, 0.3) is 28.1 Å². The first kappa shape index (κ1) is 17.5. The van der Waals surface area contributed by atoms with Crippen molar-refractivity contribution in [2.45, 2.75) is 0 Å². The Labute approximate surface area is 172 Å². The summed E-state index contributed by atoms with van der Waals surface area (Å²) in [6.07, 6.45) is 0. The number of benzene rings is 4. The zero-order chi connectivity index (χ0) is 19.8. The first-order valence-electron chi connectivity index (χ1n) is 9.27. The molecule has 2 aliphatic rings. The molecule has 0 bridgehead atoms. The minimum Gasteiger partial charge on any atom is -0.354 e. The Morgan fingerprint density at radius 1 is 0.828 bits per heavy atom. The van der Waals surface area contributed by atoms with Crippen molar-refractivity contribution in [3.63, 3.8) is 0 Å². The van der Waals surface area contributed by atoms with E-state index < -0.39 is 0 Å². The molecule has 0 fully saturated rings. The van der Waals surface area contributed by atoms with Crippen LogP contribution in [0.1, 0.15) is 0 Å². The fourth-order valence-corrected chi connectivity index (χ4v) is 3.68. The Morgan fingerprint density at radius 3 is 2.31 bits per heavy atom. The van der Waals surface area contributed by atoms with Crippen molar-refractivity contribution in [1.29, 1.82) is 5.41 Å². The van der Waals surface area contributed by atoms with E-state index in [1.807, 2.05) is 91.0 Å². The third-order valence-electron chi connectivity index (χ3n) is 4.84. The van der Waals surface area contributed by atoms with Gasteiger partial charge >= 0.3 is 0 Å². The third kappa shape index (κ3) is 3.24.